The predicted molar refractivity (Wildman–Crippen MR) is 333 cm³/mol. The van der Waals surface area contributed by atoms with Crippen LogP contribution >= 0.6 is 0 Å². The zero-order chi connectivity index (χ0) is 66.8. The first-order valence-electron chi connectivity index (χ1n) is 30.2. The highest BCUT2D eigenvalue weighted by molar-refractivity contribution is 7.89. The number of rotatable bonds is 32. The van der Waals surface area contributed by atoms with Gasteiger partial charge in [0, 0.05) is 99.9 Å². The lowest BCUT2D eigenvalue weighted by molar-refractivity contribution is -0.645. The summed E-state index contributed by atoms with van der Waals surface area (Å²) in [6.45, 7) is 3.87. The highest BCUT2D eigenvalue weighted by Crippen LogP contribution is 2.38. The monoisotopic (exact) mass is 1340 g/mol. The number of hydrogen-bond acceptors (Lipinski definition) is 21. The number of benzene rings is 5. The Bertz CT molecular complexity index is 4180. The Labute approximate surface area is 537 Å². The molecule has 5 aromatic carbocycles. The summed E-state index contributed by atoms with van der Waals surface area (Å²) in [6, 6.07) is 23.6. The summed E-state index contributed by atoms with van der Waals surface area (Å²) in [5, 5.41) is 1.36. The molecule has 0 bridgehead atoms. The summed E-state index contributed by atoms with van der Waals surface area (Å²) < 4.78 is 120. The van der Waals surface area contributed by atoms with E-state index in [1.54, 1.807) is 74.5 Å². The van der Waals surface area contributed by atoms with Gasteiger partial charge in [0.05, 0.1) is 95.8 Å². The van der Waals surface area contributed by atoms with Gasteiger partial charge in [0.1, 0.15) is 22.4 Å². The fraction of sp³-hybridized carbons (Fsp3) is 0.413. The van der Waals surface area contributed by atoms with Crippen molar-refractivity contribution in [1.29, 1.82) is 0 Å². The number of hydrogen-bond donors (Lipinski definition) is 1. The summed E-state index contributed by atoms with van der Waals surface area (Å²) in [4.78, 5) is 111. The fourth-order valence-electron chi connectivity index (χ4n) is 11.3. The molecule has 3 aliphatic heterocycles. The maximum absolute atomic E-state index is 15.2. The largest absolute Gasteiger partial charge is 0.744 e. The van der Waals surface area contributed by atoms with E-state index in [-0.39, 0.29) is 181 Å². The third-order valence-electron chi connectivity index (χ3n) is 16.0. The SMILES string of the molecule is Cc1ccc(S(=O)(=O)N(CCCC(=O)CCCOCCOCCOCCOCCC(=O)ON2C(=O)CCC2=O)C(=O)c2c3ccccc3[n+](CCCS(=O)(=O)N3CCN(C(=O)CN4C(=O)c5cc(C)cc6c(N)c(S(=O)(=O)[O-])cc(c56)C4=O)CC3)c3ccccc23)cc1. The maximum atomic E-state index is 15.2. The molecule has 9 rings (SSSR count). The first kappa shape index (κ1) is 69.1. The number of pyridine rings is 1. The molecule has 0 saturated carbocycles. The van der Waals surface area contributed by atoms with Gasteiger partial charge in [-0.15, -0.1) is 5.06 Å². The number of hydroxylamine groups is 2. The first-order chi connectivity index (χ1) is 44.4. The second-order valence-corrected chi connectivity index (χ2v) is 27.7. The van der Waals surface area contributed by atoms with Gasteiger partial charge in [0.15, 0.2) is 6.54 Å². The van der Waals surface area contributed by atoms with Crippen molar-refractivity contribution in [3.8, 4) is 0 Å². The number of aromatic nitrogens is 1. The number of nitrogen functional groups attached to an aromatic ring is 1. The molecule has 30 heteroatoms. The highest BCUT2D eigenvalue weighted by atomic mass is 32.2. The second kappa shape index (κ2) is 30.3. The minimum Gasteiger partial charge on any atom is -0.744 e. The van der Waals surface area contributed by atoms with Gasteiger partial charge in [-0.2, -0.15) is 8.87 Å². The molecule has 2 saturated heterocycles. The third kappa shape index (κ3) is 16.2. The summed E-state index contributed by atoms with van der Waals surface area (Å²) in [5.74, 6) is -5.69. The number of Topliss-reactive ketones (excluding diaryl/α,β-unsaturated/α-hetero) is 1. The molecular weight excluding hydrogens is 1270 g/mol. The lowest BCUT2D eigenvalue weighted by Crippen LogP contribution is -2.54. The number of imide groups is 2. The zero-order valence-corrected chi connectivity index (χ0v) is 53.7. The highest BCUT2D eigenvalue weighted by Gasteiger charge is 2.40. The van der Waals surface area contributed by atoms with Crippen LogP contribution in [0.4, 0.5) is 5.69 Å². The zero-order valence-electron chi connectivity index (χ0n) is 51.3. The number of amides is 6. The molecule has 0 spiro atoms. The van der Waals surface area contributed by atoms with Crippen molar-refractivity contribution in [1.82, 2.24) is 23.5 Å². The Kier molecular flexibility index (Phi) is 22.5. The van der Waals surface area contributed by atoms with Crippen molar-refractivity contribution in [2.24, 2.45) is 0 Å². The number of sulfonamides is 2. The maximum Gasteiger partial charge on any atom is 0.335 e. The molecule has 0 unspecified atom stereocenters. The van der Waals surface area contributed by atoms with E-state index in [1.165, 1.54) is 33.5 Å². The van der Waals surface area contributed by atoms with Crippen molar-refractivity contribution < 1.29 is 96.5 Å². The smallest absolute Gasteiger partial charge is 0.335 e. The number of anilines is 1. The Morgan fingerprint density at radius 1 is 0.624 bits per heavy atom. The van der Waals surface area contributed by atoms with Crippen LogP contribution in [-0.2, 0) is 84.5 Å². The number of ether oxygens (including phenoxy) is 4. The van der Waals surface area contributed by atoms with Crippen LogP contribution in [0.5, 0.6) is 0 Å². The van der Waals surface area contributed by atoms with E-state index in [0.29, 0.717) is 43.8 Å². The number of carbonyl (C=O) groups excluding carboxylic acids is 8. The van der Waals surface area contributed by atoms with E-state index < -0.39 is 88.7 Å². The number of nitrogens with two attached hydrogens (primary N) is 1. The van der Waals surface area contributed by atoms with Crippen molar-refractivity contribution in [2.75, 3.05) is 104 Å². The number of piperazine rings is 1. The lowest BCUT2D eigenvalue weighted by atomic mass is 9.91. The molecule has 27 nitrogen and oxygen atoms in total. The minimum atomic E-state index is -5.16. The Morgan fingerprint density at radius 2 is 1.17 bits per heavy atom. The van der Waals surface area contributed by atoms with Crippen LogP contribution in [0.25, 0.3) is 32.6 Å². The van der Waals surface area contributed by atoms with Gasteiger partial charge < -0.3 is 39.0 Å². The summed E-state index contributed by atoms with van der Waals surface area (Å²) >= 11 is 0. The van der Waals surface area contributed by atoms with E-state index in [1.807, 2.05) is 4.57 Å². The molecule has 0 aliphatic carbocycles. The molecule has 2 fully saturated rings. The Hall–Kier alpha value is -8.20. The van der Waals surface area contributed by atoms with Crippen molar-refractivity contribution in [2.45, 2.75) is 81.5 Å². The van der Waals surface area contributed by atoms with E-state index in [0.717, 1.165) is 15.9 Å². The average molecular weight is 1340 g/mol. The van der Waals surface area contributed by atoms with E-state index >= 15 is 4.79 Å². The minimum absolute atomic E-state index is 0.00692. The number of carbonyl (C=O) groups is 8. The molecule has 93 heavy (non-hydrogen) atoms. The van der Waals surface area contributed by atoms with Gasteiger partial charge in [-0.3, -0.25) is 38.5 Å². The summed E-state index contributed by atoms with van der Waals surface area (Å²) in [7, 11) is -13.6. The molecule has 0 radical (unpaired) electrons. The lowest BCUT2D eigenvalue weighted by Gasteiger charge is -2.35. The summed E-state index contributed by atoms with van der Waals surface area (Å²) in [5.41, 5.74) is 7.75. The molecule has 3 aliphatic rings. The van der Waals surface area contributed by atoms with Crippen LogP contribution in [0.2, 0.25) is 0 Å². The molecule has 4 heterocycles. The molecule has 0 atom stereocenters. The van der Waals surface area contributed by atoms with Crippen LogP contribution in [0.3, 0.4) is 0 Å². The molecule has 6 aromatic rings. The number of nitrogens with zero attached hydrogens (tertiary/aromatic N) is 6. The average Bonchev–Trinajstić information content (AvgIpc) is 1.06. The molecule has 6 amide bonds. The van der Waals surface area contributed by atoms with Crippen LogP contribution in [0.15, 0.2) is 101 Å². The third-order valence-corrected chi connectivity index (χ3v) is 20.6. The van der Waals surface area contributed by atoms with E-state index in [9.17, 15) is 63.4 Å². The standard InChI is InChI=1S/C63H71N7O20S3/c1-42-16-18-45(19-17-42)92(81,82)69(24-7-10-44(71)11-8-29-86-31-33-88-35-36-89-34-32-87-30-22-57(75)90-70-54(72)20-21-55(70)73)63(78)59-46-12-3-5-14-51(46)67(52-15-6-4-13-47(52)59)23-9-37-91(79,80)66-27-25-65(26-28-66)56(74)41-68-61(76)49-39-43(2)38-48-58(49)50(62(68)77)40-53(60(48)64)93(83,84)85/h3-6,12-19,38-40H,7-11,20-37,41H2,1-2H3,(H2-,64,76,77,83,84,85). The van der Waals surface area contributed by atoms with Gasteiger partial charge in [-0.05, 0) is 74.7 Å². The number of para-hydroxylation sites is 2. The second-order valence-electron chi connectivity index (χ2n) is 22.4. The van der Waals surface area contributed by atoms with Crippen molar-refractivity contribution in [3.63, 3.8) is 0 Å². The van der Waals surface area contributed by atoms with Crippen molar-refractivity contribution >= 4 is 116 Å². The van der Waals surface area contributed by atoms with Crippen LogP contribution in [0.1, 0.15) is 93.6 Å². The number of aryl methyl sites for hydroxylation is 3. The normalized spacial score (nSPS) is 14.9. The quantitative estimate of drug-likeness (QED) is 0.0157. The van der Waals surface area contributed by atoms with Crippen LogP contribution in [-0.4, -0.2) is 198 Å². The van der Waals surface area contributed by atoms with E-state index in [2.05, 4.69) is 0 Å². The molecular formula is C63H71N7O20S3. The molecule has 496 valence electrons. The number of ketones is 1. The van der Waals surface area contributed by atoms with Crippen LogP contribution < -0.4 is 10.3 Å². The predicted octanol–water partition coefficient (Wildman–Crippen LogP) is 3.72. The van der Waals surface area contributed by atoms with Gasteiger partial charge >= 0.3 is 5.97 Å². The van der Waals surface area contributed by atoms with Crippen LogP contribution in [0, 0.1) is 13.8 Å². The van der Waals surface area contributed by atoms with E-state index in [4.69, 9.17) is 29.5 Å². The fourth-order valence-corrected chi connectivity index (χ4v) is 14.8. The topological polar surface area (TPSA) is 354 Å². The van der Waals surface area contributed by atoms with Gasteiger partial charge in [-0.25, -0.2) is 34.4 Å². The molecule has 2 N–H and O–H groups in total. The Balaban J connectivity index is 0.760. The van der Waals surface area contributed by atoms with Crippen molar-refractivity contribution in [3.05, 3.63) is 119 Å². The first-order valence-corrected chi connectivity index (χ1v) is 34.6. The number of fused-ring (bicyclic) bond motifs is 2. The van der Waals surface area contributed by atoms with Gasteiger partial charge in [-0.1, -0.05) is 42.0 Å². The summed E-state index contributed by atoms with van der Waals surface area (Å²) in [6.07, 6.45) is 0.487. The molecule has 1 aromatic heterocycles. The Morgan fingerprint density at radius 3 is 1.76 bits per heavy atom. The van der Waals surface area contributed by atoms with Gasteiger partial charge in [0.2, 0.25) is 27.0 Å². The van der Waals surface area contributed by atoms with Gasteiger partial charge in [0.25, 0.3) is 39.6 Å².